The third kappa shape index (κ3) is 3.17. The zero-order chi connectivity index (χ0) is 14.9. The van der Waals surface area contributed by atoms with Crippen molar-refractivity contribution in [3.63, 3.8) is 0 Å². The maximum atomic E-state index is 11.0. The fraction of sp³-hybridized carbons (Fsp3) is 0.368. The summed E-state index contributed by atoms with van der Waals surface area (Å²) >= 11 is 1.85. The monoisotopic (exact) mass is 298 g/mol. The van der Waals surface area contributed by atoms with Crippen LogP contribution in [0, 0.1) is 5.41 Å². The Hall–Kier alpha value is -1.25. The molecule has 1 N–H and O–H groups in total. The molecule has 0 spiro atoms. The predicted octanol–water partition coefficient (Wildman–Crippen LogP) is 4.70. The van der Waals surface area contributed by atoms with Gasteiger partial charge in [0.25, 0.3) is 0 Å². The van der Waals surface area contributed by atoms with Crippen LogP contribution >= 0.6 is 11.8 Å². The molecular formula is C19H22OS. The van der Waals surface area contributed by atoms with Crippen molar-refractivity contribution in [3.05, 3.63) is 60.2 Å². The van der Waals surface area contributed by atoms with Gasteiger partial charge in [-0.15, -0.1) is 0 Å². The molecule has 1 aliphatic rings. The van der Waals surface area contributed by atoms with Crippen LogP contribution in [0.3, 0.4) is 0 Å². The molecule has 2 heteroatoms. The molecule has 0 amide bonds. The van der Waals surface area contributed by atoms with E-state index in [1.807, 2.05) is 17.8 Å². The van der Waals surface area contributed by atoms with E-state index in [1.165, 1.54) is 11.1 Å². The maximum Gasteiger partial charge on any atom is 0.0991 e. The molecule has 0 aliphatic carbocycles. The van der Waals surface area contributed by atoms with Crippen LogP contribution in [0.2, 0.25) is 0 Å². The van der Waals surface area contributed by atoms with Gasteiger partial charge in [-0.05, 0) is 34.3 Å². The quantitative estimate of drug-likeness (QED) is 0.867. The van der Waals surface area contributed by atoms with Gasteiger partial charge in [0.15, 0.2) is 0 Å². The Morgan fingerprint density at radius 3 is 2.10 bits per heavy atom. The van der Waals surface area contributed by atoms with Crippen molar-refractivity contribution in [1.29, 1.82) is 0 Å². The molecule has 21 heavy (non-hydrogen) atoms. The molecule has 1 saturated heterocycles. The summed E-state index contributed by atoms with van der Waals surface area (Å²) in [5.74, 6) is 1.92. The summed E-state index contributed by atoms with van der Waals surface area (Å²) in [6, 6.07) is 18.8. The van der Waals surface area contributed by atoms with Gasteiger partial charge in [0.2, 0.25) is 0 Å². The summed E-state index contributed by atoms with van der Waals surface area (Å²) in [6.45, 7) is 4.48. The number of hydrogen-bond acceptors (Lipinski definition) is 2. The van der Waals surface area contributed by atoms with Crippen molar-refractivity contribution >= 4 is 11.8 Å². The predicted molar refractivity (Wildman–Crippen MR) is 91.5 cm³/mol. The van der Waals surface area contributed by atoms with Gasteiger partial charge in [-0.2, -0.15) is 11.8 Å². The minimum Gasteiger partial charge on any atom is -0.384 e. The van der Waals surface area contributed by atoms with E-state index in [9.17, 15) is 5.11 Å². The molecule has 1 fully saturated rings. The van der Waals surface area contributed by atoms with Crippen LogP contribution < -0.4 is 0 Å². The highest BCUT2D eigenvalue weighted by Gasteiger charge is 2.40. The Balaban J connectivity index is 1.87. The van der Waals surface area contributed by atoms with Gasteiger partial charge in [-0.25, -0.2) is 0 Å². The second-order valence-corrected chi connectivity index (χ2v) is 7.79. The van der Waals surface area contributed by atoms with Crippen LogP contribution in [0.25, 0.3) is 11.1 Å². The first-order valence-corrected chi connectivity index (χ1v) is 8.60. The van der Waals surface area contributed by atoms with E-state index < -0.39 is 5.60 Å². The Labute approximate surface area is 131 Å². The van der Waals surface area contributed by atoms with Gasteiger partial charge in [0.05, 0.1) is 5.60 Å². The van der Waals surface area contributed by atoms with Gasteiger partial charge in [-0.1, -0.05) is 68.4 Å². The maximum absolute atomic E-state index is 11.0. The van der Waals surface area contributed by atoms with Crippen LogP contribution in [0.15, 0.2) is 54.6 Å². The summed E-state index contributed by atoms with van der Waals surface area (Å²) in [6.07, 6.45) is 0.831. The summed E-state index contributed by atoms with van der Waals surface area (Å²) < 4.78 is 0. The van der Waals surface area contributed by atoms with Crippen molar-refractivity contribution < 1.29 is 5.11 Å². The Bertz CT molecular complexity index is 603. The SMILES string of the molecule is CC1(C)CSCC(O)(c2ccc(-c3ccccc3)cc2)C1. The van der Waals surface area contributed by atoms with E-state index in [2.05, 4.69) is 62.4 Å². The molecule has 0 saturated carbocycles. The molecule has 0 radical (unpaired) electrons. The van der Waals surface area contributed by atoms with Crippen molar-refractivity contribution in [1.82, 2.24) is 0 Å². The standard InChI is InChI=1S/C19H22OS/c1-18(2)12-19(20,14-21-13-18)17-10-8-16(9-11-17)15-6-4-3-5-7-15/h3-11,20H,12-14H2,1-2H3. The minimum absolute atomic E-state index is 0.190. The summed E-state index contributed by atoms with van der Waals surface area (Å²) in [4.78, 5) is 0. The van der Waals surface area contributed by atoms with E-state index in [0.717, 1.165) is 23.5 Å². The highest BCUT2D eigenvalue weighted by atomic mass is 32.2. The van der Waals surface area contributed by atoms with Gasteiger partial charge < -0.3 is 5.11 Å². The third-order valence-electron chi connectivity index (χ3n) is 4.13. The van der Waals surface area contributed by atoms with E-state index in [-0.39, 0.29) is 5.41 Å². The molecule has 1 nitrogen and oxygen atoms in total. The lowest BCUT2D eigenvalue weighted by atomic mass is 9.78. The molecule has 110 valence electrons. The first-order chi connectivity index (χ1) is 9.99. The van der Waals surface area contributed by atoms with Crippen molar-refractivity contribution in [2.45, 2.75) is 25.9 Å². The topological polar surface area (TPSA) is 20.2 Å². The van der Waals surface area contributed by atoms with E-state index >= 15 is 0 Å². The molecule has 1 heterocycles. The van der Waals surface area contributed by atoms with E-state index in [1.54, 1.807) is 0 Å². The van der Waals surface area contributed by atoms with Crippen LogP contribution in [0.1, 0.15) is 25.8 Å². The van der Waals surface area contributed by atoms with Gasteiger partial charge in [-0.3, -0.25) is 0 Å². The summed E-state index contributed by atoms with van der Waals surface area (Å²) in [5, 5.41) is 11.0. The number of aliphatic hydroxyl groups is 1. The minimum atomic E-state index is -0.693. The molecule has 1 unspecified atom stereocenters. The van der Waals surface area contributed by atoms with Crippen LogP contribution in [0.4, 0.5) is 0 Å². The van der Waals surface area contributed by atoms with Gasteiger partial charge >= 0.3 is 0 Å². The zero-order valence-electron chi connectivity index (χ0n) is 12.7. The summed E-state index contributed by atoms with van der Waals surface area (Å²) in [5.41, 5.74) is 2.96. The van der Waals surface area contributed by atoms with Crippen LogP contribution in [-0.4, -0.2) is 16.6 Å². The van der Waals surface area contributed by atoms with Crippen LogP contribution in [-0.2, 0) is 5.60 Å². The first-order valence-electron chi connectivity index (χ1n) is 7.45. The molecule has 2 aromatic carbocycles. The zero-order valence-corrected chi connectivity index (χ0v) is 13.5. The fourth-order valence-electron chi connectivity index (χ4n) is 3.18. The largest absolute Gasteiger partial charge is 0.384 e. The molecular weight excluding hydrogens is 276 g/mol. The lowest BCUT2D eigenvalue weighted by Gasteiger charge is -2.41. The van der Waals surface area contributed by atoms with Crippen molar-refractivity contribution in [3.8, 4) is 11.1 Å². The molecule has 1 aliphatic heterocycles. The highest BCUT2D eigenvalue weighted by molar-refractivity contribution is 7.99. The molecule has 2 aromatic rings. The molecule has 0 aromatic heterocycles. The number of benzene rings is 2. The third-order valence-corrected chi connectivity index (χ3v) is 5.80. The van der Waals surface area contributed by atoms with Gasteiger partial charge in [0.1, 0.15) is 0 Å². The van der Waals surface area contributed by atoms with Crippen molar-refractivity contribution in [2.24, 2.45) is 5.41 Å². The Morgan fingerprint density at radius 1 is 0.857 bits per heavy atom. The average molecular weight is 298 g/mol. The summed E-state index contributed by atoms with van der Waals surface area (Å²) in [7, 11) is 0. The van der Waals surface area contributed by atoms with Crippen LogP contribution in [0.5, 0.6) is 0 Å². The lowest BCUT2D eigenvalue weighted by Crippen LogP contribution is -2.40. The first kappa shape index (κ1) is 14.7. The number of hydrogen-bond donors (Lipinski definition) is 1. The lowest BCUT2D eigenvalue weighted by molar-refractivity contribution is 0.0156. The number of thioether (sulfide) groups is 1. The molecule has 3 rings (SSSR count). The Kier molecular flexibility index (Phi) is 3.85. The smallest absolute Gasteiger partial charge is 0.0991 e. The Morgan fingerprint density at radius 2 is 1.48 bits per heavy atom. The van der Waals surface area contributed by atoms with E-state index in [0.29, 0.717) is 0 Å². The fourth-order valence-corrected chi connectivity index (χ4v) is 4.54. The van der Waals surface area contributed by atoms with Crippen molar-refractivity contribution in [2.75, 3.05) is 11.5 Å². The molecule has 1 atom stereocenters. The normalized spacial score (nSPS) is 24.7. The number of rotatable bonds is 2. The average Bonchev–Trinajstić information content (AvgIpc) is 2.47. The van der Waals surface area contributed by atoms with E-state index in [4.69, 9.17) is 0 Å². The molecule has 0 bridgehead atoms. The second-order valence-electron chi connectivity index (χ2n) is 6.81. The second kappa shape index (κ2) is 5.51. The van der Waals surface area contributed by atoms with Gasteiger partial charge in [0, 0.05) is 5.75 Å². The highest BCUT2D eigenvalue weighted by Crippen LogP contribution is 2.44.